The first-order chi connectivity index (χ1) is 8.58. The molecular formula is C13H13ClO4. The predicted molar refractivity (Wildman–Crippen MR) is 64.1 cm³/mol. The average molecular weight is 269 g/mol. The van der Waals surface area contributed by atoms with Gasteiger partial charge in [0.25, 0.3) is 0 Å². The highest BCUT2D eigenvalue weighted by Crippen LogP contribution is 2.43. The van der Waals surface area contributed by atoms with E-state index >= 15 is 0 Å². The Balaban J connectivity index is 1.77. The van der Waals surface area contributed by atoms with Crippen LogP contribution in [0.5, 0.6) is 0 Å². The Morgan fingerprint density at radius 2 is 2.17 bits per heavy atom. The Morgan fingerprint density at radius 1 is 1.39 bits per heavy atom. The van der Waals surface area contributed by atoms with Crippen LogP contribution in [0.2, 0.25) is 0 Å². The van der Waals surface area contributed by atoms with Gasteiger partial charge in [-0.05, 0) is 18.9 Å². The van der Waals surface area contributed by atoms with Gasteiger partial charge in [0.05, 0.1) is 12.0 Å². The molecule has 1 heterocycles. The van der Waals surface area contributed by atoms with E-state index < -0.39 is 11.9 Å². The number of aliphatic carboxylic acids is 1. The van der Waals surface area contributed by atoms with Crippen LogP contribution in [0.25, 0.3) is 0 Å². The molecule has 4 atom stereocenters. The molecule has 0 aromatic rings. The number of hydrogen-bond donors (Lipinski definition) is 1. The number of carboxylic acids is 1. The normalized spacial score (nSPS) is 37.6. The number of allylic oxidation sites excluding steroid dienone is 2. The molecule has 2 aliphatic carbocycles. The summed E-state index contributed by atoms with van der Waals surface area (Å²) in [4.78, 5) is 22.9. The number of hydrogen-bond acceptors (Lipinski definition) is 3. The molecule has 1 saturated heterocycles. The molecule has 18 heavy (non-hydrogen) atoms. The fourth-order valence-electron chi connectivity index (χ4n) is 2.70. The number of halogens is 1. The standard InChI is InChI=1S/C13H13ClO4/c14-10-4-7(3-6-1-2-18-12(6)10)11(15)8-5-9(8)13(16)17/h3-4,6,8-9,12H,1-2,5H2,(H,16,17)/t6?,8-,9-,12?/m0/s1. The molecular weight excluding hydrogens is 256 g/mol. The van der Waals surface area contributed by atoms with Crippen molar-refractivity contribution in [2.45, 2.75) is 18.9 Å². The molecule has 2 unspecified atom stereocenters. The number of rotatable bonds is 3. The van der Waals surface area contributed by atoms with Crippen molar-refractivity contribution in [1.29, 1.82) is 0 Å². The van der Waals surface area contributed by atoms with E-state index in [0.717, 1.165) is 6.42 Å². The fourth-order valence-corrected chi connectivity index (χ4v) is 3.04. The zero-order chi connectivity index (χ0) is 12.9. The largest absolute Gasteiger partial charge is 0.481 e. The van der Waals surface area contributed by atoms with Gasteiger partial charge in [-0.25, -0.2) is 0 Å². The van der Waals surface area contributed by atoms with Gasteiger partial charge < -0.3 is 9.84 Å². The summed E-state index contributed by atoms with van der Waals surface area (Å²) in [6, 6.07) is 0. The summed E-state index contributed by atoms with van der Waals surface area (Å²) < 4.78 is 5.48. The van der Waals surface area contributed by atoms with Crippen LogP contribution in [0.3, 0.4) is 0 Å². The Kier molecular flexibility index (Phi) is 2.79. The summed E-state index contributed by atoms with van der Waals surface area (Å²) in [5.41, 5.74) is 0.556. The van der Waals surface area contributed by atoms with Crippen LogP contribution in [0.1, 0.15) is 12.8 Å². The van der Waals surface area contributed by atoms with Gasteiger partial charge in [0.15, 0.2) is 5.78 Å². The highest BCUT2D eigenvalue weighted by Gasteiger charge is 2.49. The smallest absolute Gasteiger partial charge is 0.307 e. The van der Waals surface area contributed by atoms with Gasteiger partial charge in [-0.1, -0.05) is 17.7 Å². The quantitative estimate of drug-likeness (QED) is 0.847. The minimum absolute atomic E-state index is 0.0918. The Bertz CT molecular complexity index is 479. The molecule has 0 amide bonds. The van der Waals surface area contributed by atoms with Crippen molar-refractivity contribution in [3.8, 4) is 0 Å². The van der Waals surface area contributed by atoms with E-state index in [-0.39, 0.29) is 23.7 Å². The summed E-state index contributed by atoms with van der Waals surface area (Å²) in [6.45, 7) is 0.651. The highest BCUT2D eigenvalue weighted by molar-refractivity contribution is 6.31. The zero-order valence-electron chi connectivity index (χ0n) is 9.64. The number of ether oxygens (including phenoxy) is 1. The lowest BCUT2D eigenvalue weighted by molar-refractivity contribution is -0.139. The summed E-state index contributed by atoms with van der Waals surface area (Å²) in [5, 5.41) is 9.39. The van der Waals surface area contributed by atoms with Gasteiger partial charge >= 0.3 is 5.97 Å². The summed E-state index contributed by atoms with van der Waals surface area (Å²) >= 11 is 6.11. The number of carbonyl (C=O) groups is 2. The molecule has 1 N–H and O–H groups in total. The third-order valence-electron chi connectivity index (χ3n) is 3.83. The molecule has 96 valence electrons. The number of carboxylic acid groups (broad SMARTS) is 1. The summed E-state index contributed by atoms with van der Waals surface area (Å²) in [7, 11) is 0. The van der Waals surface area contributed by atoms with Crippen LogP contribution >= 0.6 is 11.6 Å². The number of fused-ring (bicyclic) bond motifs is 1. The van der Waals surface area contributed by atoms with Crippen LogP contribution in [0.15, 0.2) is 22.8 Å². The number of ketones is 1. The van der Waals surface area contributed by atoms with Gasteiger partial charge in [0, 0.05) is 29.0 Å². The van der Waals surface area contributed by atoms with E-state index in [0.29, 0.717) is 23.6 Å². The first-order valence-corrected chi connectivity index (χ1v) is 6.43. The molecule has 3 rings (SSSR count). The second-order valence-corrected chi connectivity index (χ2v) is 5.48. The summed E-state index contributed by atoms with van der Waals surface area (Å²) in [5.74, 6) is -1.70. The maximum absolute atomic E-state index is 12.1. The van der Waals surface area contributed by atoms with Crippen molar-refractivity contribution in [2.24, 2.45) is 17.8 Å². The molecule has 0 bridgehead atoms. The fraction of sp³-hybridized carbons (Fsp3) is 0.538. The van der Waals surface area contributed by atoms with Gasteiger partial charge in [-0.3, -0.25) is 9.59 Å². The lowest BCUT2D eigenvalue weighted by Gasteiger charge is -2.20. The maximum Gasteiger partial charge on any atom is 0.307 e. The van der Waals surface area contributed by atoms with Gasteiger partial charge in [0.1, 0.15) is 0 Å². The van der Waals surface area contributed by atoms with E-state index in [1.165, 1.54) is 0 Å². The molecule has 1 saturated carbocycles. The first-order valence-electron chi connectivity index (χ1n) is 6.05. The van der Waals surface area contributed by atoms with Crippen molar-refractivity contribution in [1.82, 2.24) is 0 Å². The molecule has 3 aliphatic rings. The second kappa shape index (κ2) is 4.21. The minimum Gasteiger partial charge on any atom is -0.481 e. The third kappa shape index (κ3) is 1.89. The number of carbonyl (C=O) groups excluding carboxylic acids is 1. The zero-order valence-corrected chi connectivity index (χ0v) is 10.4. The van der Waals surface area contributed by atoms with Crippen molar-refractivity contribution >= 4 is 23.4 Å². The monoisotopic (exact) mass is 268 g/mol. The first kappa shape index (κ1) is 11.9. The maximum atomic E-state index is 12.1. The van der Waals surface area contributed by atoms with Crippen LogP contribution in [0, 0.1) is 17.8 Å². The topological polar surface area (TPSA) is 63.6 Å². The Morgan fingerprint density at radius 3 is 2.83 bits per heavy atom. The van der Waals surface area contributed by atoms with Crippen LogP contribution in [-0.2, 0) is 14.3 Å². The van der Waals surface area contributed by atoms with E-state index in [1.807, 2.05) is 6.08 Å². The molecule has 0 aromatic carbocycles. The molecule has 0 radical (unpaired) electrons. The molecule has 4 nitrogen and oxygen atoms in total. The van der Waals surface area contributed by atoms with Crippen molar-refractivity contribution < 1.29 is 19.4 Å². The number of Topliss-reactive ketones (excluding diaryl/α,β-unsaturated/α-hetero) is 1. The van der Waals surface area contributed by atoms with Crippen LogP contribution in [0.4, 0.5) is 0 Å². The highest BCUT2D eigenvalue weighted by atomic mass is 35.5. The SMILES string of the molecule is O=C(O)[C@H]1C[C@@H]1C(=O)C1=CC2CCOC2C(Cl)=C1. The minimum atomic E-state index is -0.887. The van der Waals surface area contributed by atoms with Crippen LogP contribution < -0.4 is 0 Å². The van der Waals surface area contributed by atoms with Gasteiger partial charge in [-0.15, -0.1) is 0 Å². The summed E-state index contributed by atoms with van der Waals surface area (Å²) in [6.07, 6.45) is 4.72. The average Bonchev–Trinajstić information content (AvgIpc) is 2.99. The third-order valence-corrected chi connectivity index (χ3v) is 4.15. The molecule has 0 spiro atoms. The van der Waals surface area contributed by atoms with Crippen molar-refractivity contribution in [3.05, 3.63) is 22.8 Å². The Labute approximate surface area is 109 Å². The molecule has 2 fully saturated rings. The van der Waals surface area contributed by atoms with E-state index in [2.05, 4.69) is 0 Å². The van der Waals surface area contributed by atoms with E-state index in [9.17, 15) is 9.59 Å². The molecule has 1 aliphatic heterocycles. The van der Waals surface area contributed by atoms with Crippen LogP contribution in [-0.4, -0.2) is 29.6 Å². The molecule has 0 aromatic heterocycles. The van der Waals surface area contributed by atoms with Crippen molar-refractivity contribution in [2.75, 3.05) is 6.61 Å². The van der Waals surface area contributed by atoms with E-state index in [1.54, 1.807) is 6.08 Å². The van der Waals surface area contributed by atoms with Crippen molar-refractivity contribution in [3.63, 3.8) is 0 Å². The lowest BCUT2D eigenvalue weighted by Crippen LogP contribution is -2.21. The van der Waals surface area contributed by atoms with Gasteiger partial charge in [0.2, 0.25) is 0 Å². The Hall–Kier alpha value is -1.13. The van der Waals surface area contributed by atoms with Gasteiger partial charge in [-0.2, -0.15) is 0 Å². The predicted octanol–water partition coefficient (Wildman–Crippen LogP) is 1.74. The van der Waals surface area contributed by atoms with E-state index in [4.69, 9.17) is 21.4 Å². The second-order valence-electron chi connectivity index (χ2n) is 5.05. The lowest BCUT2D eigenvalue weighted by atomic mass is 9.90. The molecule has 5 heteroatoms.